The number of hydrogen-bond acceptors (Lipinski definition) is 4. The maximum Gasteiger partial charge on any atom is 0.241 e. The van der Waals surface area contributed by atoms with Crippen LogP contribution in [0, 0.1) is 11.8 Å². The Labute approximate surface area is 141 Å². The summed E-state index contributed by atoms with van der Waals surface area (Å²) in [5, 5.41) is 16.7. The van der Waals surface area contributed by atoms with Crippen molar-refractivity contribution >= 4 is 16.8 Å². The van der Waals surface area contributed by atoms with Crippen LogP contribution in [0.1, 0.15) is 26.7 Å². The minimum Gasteiger partial charge on any atom is -0.396 e. The van der Waals surface area contributed by atoms with E-state index in [0.29, 0.717) is 29.8 Å². The van der Waals surface area contributed by atoms with E-state index < -0.39 is 0 Å². The Balaban J connectivity index is 2.02. The predicted octanol–water partition coefficient (Wildman–Crippen LogP) is 1.56. The van der Waals surface area contributed by atoms with Crippen LogP contribution in [0.25, 0.3) is 10.9 Å². The Morgan fingerprint density at radius 3 is 2.79 bits per heavy atom. The van der Waals surface area contributed by atoms with Crippen molar-refractivity contribution in [3.8, 4) is 0 Å². The molecule has 0 aliphatic carbocycles. The lowest BCUT2D eigenvalue weighted by atomic mass is 9.94. The molecule has 6 heteroatoms. The first kappa shape index (κ1) is 18.1. The van der Waals surface area contributed by atoms with Gasteiger partial charge in [0.1, 0.15) is 6.54 Å². The van der Waals surface area contributed by atoms with Crippen LogP contribution < -0.4 is 10.7 Å². The van der Waals surface area contributed by atoms with Gasteiger partial charge >= 0.3 is 0 Å². The number of carbonyl (C=O) groups excluding carboxylic acids is 1. The van der Waals surface area contributed by atoms with Gasteiger partial charge in [0.05, 0.1) is 11.7 Å². The SMILES string of the molecule is CC(C)CC(CCO)CNC(=O)Cn1ncc(=O)c2ccccc21. The molecule has 1 amide bonds. The van der Waals surface area contributed by atoms with Crippen LogP contribution in [0.15, 0.2) is 35.3 Å². The van der Waals surface area contributed by atoms with Crippen molar-refractivity contribution in [1.82, 2.24) is 15.1 Å². The quantitative estimate of drug-likeness (QED) is 0.769. The molecular formula is C18H25N3O3. The van der Waals surface area contributed by atoms with Gasteiger partial charge in [-0.2, -0.15) is 5.10 Å². The lowest BCUT2D eigenvalue weighted by Gasteiger charge is -2.19. The van der Waals surface area contributed by atoms with Crippen LogP contribution in [-0.4, -0.2) is 33.9 Å². The summed E-state index contributed by atoms with van der Waals surface area (Å²) in [5.74, 6) is 0.628. The van der Waals surface area contributed by atoms with Gasteiger partial charge in [-0.15, -0.1) is 0 Å². The second kappa shape index (κ2) is 8.59. The van der Waals surface area contributed by atoms with Crippen LogP contribution >= 0.6 is 0 Å². The van der Waals surface area contributed by atoms with Crippen molar-refractivity contribution in [3.63, 3.8) is 0 Å². The summed E-state index contributed by atoms with van der Waals surface area (Å²) in [4.78, 5) is 24.0. The lowest BCUT2D eigenvalue weighted by molar-refractivity contribution is -0.122. The highest BCUT2D eigenvalue weighted by molar-refractivity contribution is 5.81. The van der Waals surface area contributed by atoms with E-state index in [1.165, 1.54) is 10.9 Å². The molecular weight excluding hydrogens is 306 g/mol. The van der Waals surface area contributed by atoms with Crippen LogP contribution in [0.4, 0.5) is 0 Å². The van der Waals surface area contributed by atoms with E-state index in [1.54, 1.807) is 18.2 Å². The Morgan fingerprint density at radius 2 is 2.08 bits per heavy atom. The lowest BCUT2D eigenvalue weighted by Crippen LogP contribution is -2.33. The van der Waals surface area contributed by atoms with Crippen molar-refractivity contribution in [2.45, 2.75) is 33.2 Å². The standard InChI is InChI=1S/C18H25N3O3/c1-13(2)9-14(7-8-22)10-19-18(24)12-21-16-6-4-3-5-15(16)17(23)11-20-21/h3-6,11,13-14,22H,7-10,12H2,1-2H3,(H,19,24). The highest BCUT2D eigenvalue weighted by Gasteiger charge is 2.13. The number of amides is 1. The fourth-order valence-electron chi connectivity index (χ4n) is 2.89. The molecule has 0 radical (unpaired) electrons. The summed E-state index contributed by atoms with van der Waals surface area (Å²) in [6.45, 7) is 4.98. The highest BCUT2D eigenvalue weighted by Crippen LogP contribution is 2.14. The Morgan fingerprint density at radius 1 is 1.33 bits per heavy atom. The molecule has 24 heavy (non-hydrogen) atoms. The molecule has 0 spiro atoms. The number of fused-ring (bicyclic) bond motifs is 1. The smallest absolute Gasteiger partial charge is 0.241 e. The molecule has 1 unspecified atom stereocenters. The van der Waals surface area contributed by atoms with Crippen molar-refractivity contribution in [1.29, 1.82) is 0 Å². The molecule has 6 nitrogen and oxygen atoms in total. The molecule has 0 bridgehead atoms. The average molecular weight is 331 g/mol. The molecule has 1 aromatic carbocycles. The number of nitrogens with one attached hydrogen (secondary N) is 1. The van der Waals surface area contributed by atoms with E-state index in [9.17, 15) is 9.59 Å². The minimum atomic E-state index is -0.151. The summed E-state index contributed by atoms with van der Waals surface area (Å²) in [7, 11) is 0. The average Bonchev–Trinajstić information content (AvgIpc) is 2.55. The largest absolute Gasteiger partial charge is 0.396 e. The molecule has 0 fully saturated rings. The number of benzene rings is 1. The van der Waals surface area contributed by atoms with Crippen molar-refractivity contribution in [3.05, 3.63) is 40.7 Å². The number of nitrogens with zero attached hydrogens (tertiary/aromatic N) is 2. The number of aromatic nitrogens is 2. The van der Waals surface area contributed by atoms with Crippen LogP contribution in [0.5, 0.6) is 0 Å². The molecule has 0 saturated carbocycles. The molecule has 1 aromatic heterocycles. The molecule has 130 valence electrons. The minimum absolute atomic E-state index is 0.0638. The second-order valence-electron chi connectivity index (χ2n) is 6.50. The van der Waals surface area contributed by atoms with Gasteiger partial charge in [-0.05, 0) is 36.8 Å². The summed E-state index contributed by atoms with van der Waals surface area (Å²) >= 11 is 0. The number of carbonyl (C=O) groups is 1. The van der Waals surface area contributed by atoms with Gasteiger partial charge < -0.3 is 10.4 Å². The number of rotatable bonds is 8. The third-order valence-electron chi connectivity index (χ3n) is 3.99. The third-order valence-corrected chi connectivity index (χ3v) is 3.99. The molecule has 1 atom stereocenters. The summed E-state index contributed by atoms with van der Waals surface area (Å²) < 4.78 is 1.54. The van der Waals surface area contributed by atoms with Gasteiger partial charge in [-0.3, -0.25) is 14.3 Å². The molecule has 2 N–H and O–H groups in total. The first-order valence-electron chi connectivity index (χ1n) is 8.33. The van der Waals surface area contributed by atoms with Crippen molar-refractivity contribution in [2.24, 2.45) is 11.8 Å². The first-order chi connectivity index (χ1) is 11.5. The van der Waals surface area contributed by atoms with Gasteiger partial charge in [0.2, 0.25) is 11.3 Å². The van der Waals surface area contributed by atoms with Crippen LogP contribution in [0.3, 0.4) is 0 Å². The van der Waals surface area contributed by atoms with E-state index >= 15 is 0 Å². The van der Waals surface area contributed by atoms with E-state index in [1.807, 2.05) is 6.07 Å². The molecule has 0 saturated heterocycles. The van der Waals surface area contributed by atoms with Gasteiger partial charge in [0.25, 0.3) is 0 Å². The number of hydrogen-bond donors (Lipinski definition) is 2. The molecule has 2 rings (SSSR count). The Bertz CT molecular complexity index is 740. The normalized spacial score (nSPS) is 12.5. The zero-order valence-electron chi connectivity index (χ0n) is 14.2. The van der Waals surface area contributed by atoms with Crippen LogP contribution in [0.2, 0.25) is 0 Å². The summed E-state index contributed by atoms with van der Waals surface area (Å²) in [6.07, 6.45) is 2.88. The fourth-order valence-corrected chi connectivity index (χ4v) is 2.89. The van der Waals surface area contributed by atoms with Gasteiger partial charge in [0, 0.05) is 18.5 Å². The van der Waals surface area contributed by atoms with E-state index in [0.717, 1.165) is 6.42 Å². The highest BCUT2D eigenvalue weighted by atomic mass is 16.3. The Kier molecular flexibility index (Phi) is 6.49. The third kappa shape index (κ3) is 4.89. The van der Waals surface area contributed by atoms with Gasteiger partial charge in [-0.25, -0.2) is 0 Å². The Hall–Kier alpha value is -2.21. The summed E-state index contributed by atoms with van der Waals surface area (Å²) in [6, 6.07) is 7.12. The molecule has 0 aliphatic rings. The summed E-state index contributed by atoms with van der Waals surface area (Å²) in [5.41, 5.74) is 0.497. The molecule has 2 aromatic rings. The number of aliphatic hydroxyl groups excluding tert-OH is 1. The van der Waals surface area contributed by atoms with E-state index in [-0.39, 0.29) is 30.4 Å². The molecule has 1 heterocycles. The van der Waals surface area contributed by atoms with E-state index in [2.05, 4.69) is 24.3 Å². The maximum absolute atomic E-state index is 12.2. The maximum atomic E-state index is 12.2. The van der Waals surface area contributed by atoms with Gasteiger partial charge in [0.15, 0.2) is 0 Å². The first-order valence-corrected chi connectivity index (χ1v) is 8.33. The number of aliphatic hydroxyl groups is 1. The van der Waals surface area contributed by atoms with E-state index in [4.69, 9.17) is 5.11 Å². The molecule has 0 aliphatic heterocycles. The zero-order chi connectivity index (χ0) is 17.5. The second-order valence-corrected chi connectivity index (χ2v) is 6.50. The predicted molar refractivity (Wildman–Crippen MR) is 93.7 cm³/mol. The van der Waals surface area contributed by atoms with Crippen molar-refractivity contribution < 1.29 is 9.90 Å². The topological polar surface area (TPSA) is 84.2 Å². The van der Waals surface area contributed by atoms with Gasteiger partial charge in [-0.1, -0.05) is 26.0 Å². The monoisotopic (exact) mass is 331 g/mol. The fraction of sp³-hybridized carbons (Fsp3) is 0.500. The number of para-hydroxylation sites is 1. The van der Waals surface area contributed by atoms with Crippen molar-refractivity contribution in [2.75, 3.05) is 13.2 Å². The zero-order valence-corrected chi connectivity index (χ0v) is 14.2. The van der Waals surface area contributed by atoms with Crippen LogP contribution in [-0.2, 0) is 11.3 Å².